The smallest absolute Gasteiger partial charge is 0.311 e. The SMILES string of the molecule is Cc1cc(C)c(C(=O)C(=O)CC(=O)O)cc1C. The van der Waals surface area contributed by atoms with Gasteiger partial charge in [-0.25, -0.2) is 0 Å². The molecule has 0 bridgehead atoms. The number of rotatable bonds is 4. The van der Waals surface area contributed by atoms with Crippen molar-refractivity contribution in [3.8, 4) is 0 Å². The van der Waals surface area contributed by atoms with Gasteiger partial charge in [0.2, 0.25) is 11.6 Å². The van der Waals surface area contributed by atoms with E-state index in [1.807, 2.05) is 19.9 Å². The van der Waals surface area contributed by atoms with Crippen LogP contribution in [0.3, 0.4) is 0 Å². The van der Waals surface area contributed by atoms with Gasteiger partial charge in [0.15, 0.2) is 0 Å². The average Bonchev–Trinajstić information content (AvgIpc) is 2.21. The van der Waals surface area contributed by atoms with Crippen LogP contribution in [0, 0.1) is 20.8 Å². The number of carboxylic acids is 1. The van der Waals surface area contributed by atoms with Crippen LogP contribution in [-0.4, -0.2) is 22.6 Å². The predicted octanol–water partition coefficient (Wildman–Crippen LogP) is 1.84. The van der Waals surface area contributed by atoms with E-state index in [1.165, 1.54) is 0 Å². The minimum atomic E-state index is -1.29. The highest BCUT2D eigenvalue weighted by atomic mass is 16.4. The number of benzene rings is 1. The van der Waals surface area contributed by atoms with Crippen molar-refractivity contribution in [1.29, 1.82) is 0 Å². The van der Waals surface area contributed by atoms with Crippen LogP contribution in [0.5, 0.6) is 0 Å². The number of carbonyl (C=O) groups is 3. The maximum Gasteiger partial charge on any atom is 0.311 e. The van der Waals surface area contributed by atoms with Gasteiger partial charge in [-0.3, -0.25) is 14.4 Å². The fourth-order valence-electron chi connectivity index (χ4n) is 1.57. The molecule has 0 amide bonds. The van der Waals surface area contributed by atoms with Crippen LogP contribution in [-0.2, 0) is 9.59 Å². The van der Waals surface area contributed by atoms with Gasteiger partial charge in [0.25, 0.3) is 0 Å². The van der Waals surface area contributed by atoms with E-state index < -0.39 is 24.0 Å². The van der Waals surface area contributed by atoms with Gasteiger partial charge in [-0.05, 0) is 43.5 Å². The van der Waals surface area contributed by atoms with E-state index in [0.29, 0.717) is 11.1 Å². The Balaban J connectivity index is 3.08. The molecule has 0 fully saturated rings. The lowest BCUT2D eigenvalue weighted by atomic mass is 9.96. The maximum absolute atomic E-state index is 11.8. The van der Waals surface area contributed by atoms with Crippen LogP contribution in [0.2, 0.25) is 0 Å². The molecule has 0 radical (unpaired) electrons. The molecule has 1 aromatic carbocycles. The molecule has 0 atom stereocenters. The predicted molar refractivity (Wildman–Crippen MR) is 62.2 cm³/mol. The van der Waals surface area contributed by atoms with Crippen LogP contribution in [0.4, 0.5) is 0 Å². The molecule has 0 saturated heterocycles. The largest absolute Gasteiger partial charge is 0.481 e. The monoisotopic (exact) mass is 234 g/mol. The van der Waals surface area contributed by atoms with Crippen LogP contribution >= 0.6 is 0 Å². The molecule has 0 spiro atoms. The lowest BCUT2D eigenvalue weighted by Crippen LogP contribution is -2.19. The molecule has 0 saturated carbocycles. The standard InChI is InChI=1S/C13H14O4/c1-7-4-9(3)10(5-8(7)2)13(17)11(14)6-12(15)16/h4-5H,6H2,1-3H3,(H,15,16). The number of aryl methyl sites for hydroxylation is 3. The Morgan fingerprint density at radius 2 is 1.53 bits per heavy atom. The van der Waals surface area contributed by atoms with Crippen molar-refractivity contribution < 1.29 is 19.5 Å². The Bertz CT molecular complexity index is 500. The number of carbonyl (C=O) groups excluding carboxylic acids is 2. The van der Waals surface area contributed by atoms with Crippen molar-refractivity contribution in [2.45, 2.75) is 27.2 Å². The van der Waals surface area contributed by atoms with E-state index in [-0.39, 0.29) is 0 Å². The van der Waals surface area contributed by atoms with Crippen molar-refractivity contribution in [2.24, 2.45) is 0 Å². The van der Waals surface area contributed by atoms with Gasteiger partial charge in [-0.15, -0.1) is 0 Å². The van der Waals surface area contributed by atoms with E-state index in [9.17, 15) is 14.4 Å². The summed E-state index contributed by atoms with van der Waals surface area (Å²) in [5.41, 5.74) is 2.92. The van der Waals surface area contributed by atoms with Gasteiger partial charge >= 0.3 is 5.97 Å². The third kappa shape index (κ3) is 3.00. The number of hydrogen-bond acceptors (Lipinski definition) is 3. The average molecular weight is 234 g/mol. The first-order valence-electron chi connectivity index (χ1n) is 5.20. The summed E-state index contributed by atoms with van der Waals surface area (Å²) in [6, 6.07) is 3.45. The molecule has 4 heteroatoms. The number of hydrogen-bond donors (Lipinski definition) is 1. The van der Waals surface area contributed by atoms with Crippen molar-refractivity contribution >= 4 is 17.5 Å². The zero-order valence-electron chi connectivity index (χ0n) is 10.0. The summed E-state index contributed by atoms with van der Waals surface area (Å²) in [6.45, 7) is 5.48. The summed E-state index contributed by atoms with van der Waals surface area (Å²) >= 11 is 0. The molecule has 4 nitrogen and oxygen atoms in total. The van der Waals surface area contributed by atoms with Crippen LogP contribution < -0.4 is 0 Å². The van der Waals surface area contributed by atoms with Gasteiger partial charge in [0.05, 0.1) is 0 Å². The maximum atomic E-state index is 11.8. The molecular formula is C13H14O4. The van der Waals surface area contributed by atoms with Crippen molar-refractivity contribution in [1.82, 2.24) is 0 Å². The minimum absolute atomic E-state index is 0.291. The fourth-order valence-corrected chi connectivity index (χ4v) is 1.57. The van der Waals surface area contributed by atoms with Gasteiger partial charge in [-0.2, -0.15) is 0 Å². The third-order valence-electron chi connectivity index (χ3n) is 2.65. The van der Waals surface area contributed by atoms with Crippen LogP contribution in [0.15, 0.2) is 12.1 Å². The van der Waals surface area contributed by atoms with Crippen molar-refractivity contribution in [3.63, 3.8) is 0 Å². The van der Waals surface area contributed by atoms with Crippen LogP contribution in [0.25, 0.3) is 0 Å². The van der Waals surface area contributed by atoms with Crippen molar-refractivity contribution in [3.05, 3.63) is 34.4 Å². The molecule has 0 heterocycles. The Hall–Kier alpha value is -1.97. The summed E-state index contributed by atoms with van der Waals surface area (Å²) in [6.07, 6.45) is -0.759. The van der Waals surface area contributed by atoms with Crippen LogP contribution in [0.1, 0.15) is 33.5 Å². The zero-order chi connectivity index (χ0) is 13.2. The lowest BCUT2D eigenvalue weighted by molar-refractivity contribution is -0.139. The Morgan fingerprint density at radius 1 is 1.00 bits per heavy atom. The molecular weight excluding hydrogens is 220 g/mol. The van der Waals surface area contributed by atoms with E-state index in [4.69, 9.17) is 5.11 Å². The normalized spacial score (nSPS) is 10.1. The number of aliphatic carboxylic acids is 1. The molecule has 17 heavy (non-hydrogen) atoms. The number of Topliss-reactive ketones (excluding diaryl/α,β-unsaturated/α-hetero) is 2. The lowest BCUT2D eigenvalue weighted by Gasteiger charge is -2.07. The summed E-state index contributed by atoms with van der Waals surface area (Å²) in [5.74, 6) is -2.90. The highest BCUT2D eigenvalue weighted by Crippen LogP contribution is 2.16. The van der Waals surface area contributed by atoms with E-state index in [1.54, 1.807) is 13.0 Å². The highest BCUT2D eigenvalue weighted by Gasteiger charge is 2.21. The first-order chi connectivity index (χ1) is 7.82. The molecule has 0 aliphatic carbocycles. The van der Waals surface area contributed by atoms with E-state index >= 15 is 0 Å². The first-order valence-corrected chi connectivity index (χ1v) is 5.20. The van der Waals surface area contributed by atoms with Gasteiger partial charge < -0.3 is 5.11 Å². The first kappa shape index (κ1) is 13.1. The number of ketones is 2. The quantitative estimate of drug-likeness (QED) is 0.490. The molecule has 1 rings (SSSR count). The zero-order valence-corrected chi connectivity index (χ0v) is 10.0. The molecule has 0 unspecified atom stereocenters. The Kier molecular flexibility index (Phi) is 3.78. The minimum Gasteiger partial charge on any atom is -0.481 e. The van der Waals surface area contributed by atoms with Gasteiger partial charge in [0.1, 0.15) is 6.42 Å². The second-order valence-electron chi connectivity index (χ2n) is 4.07. The molecule has 0 aliphatic heterocycles. The molecule has 0 aliphatic rings. The molecule has 90 valence electrons. The van der Waals surface area contributed by atoms with E-state index in [0.717, 1.165) is 11.1 Å². The summed E-state index contributed by atoms with van der Waals surface area (Å²) < 4.78 is 0. The van der Waals surface area contributed by atoms with Gasteiger partial charge in [-0.1, -0.05) is 6.07 Å². The summed E-state index contributed by atoms with van der Waals surface area (Å²) in [5, 5.41) is 8.47. The number of carboxylic acid groups (broad SMARTS) is 1. The summed E-state index contributed by atoms with van der Waals surface area (Å²) in [7, 11) is 0. The summed E-state index contributed by atoms with van der Waals surface area (Å²) in [4.78, 5) is 33.5. The topological polar surface area (TPSA) is 71.4 Å². The fraction of sp³-hybridized carbons (Fsp3) is 0.308. The second kappa shape index (κ2) is 4.91. The Morgan fingerprint density at radius 3 is 2.06 bits per heavy atom. The Labute approximate surface area is 99.3 Å². The second-order valence-corrected chi connectivity index (χ2v) is 4.07. The third-order valence-corrected chi connectivity index (χ3v) is 2.65. The molecule has 0 aromatic heterocycles. The van der Waals surface area contributed by atoms with E-state index in [2.05, 4.69) is 0 Å². The van der Waals surface area contributed by atoms with Gasteiger partial charge in [0, 0.05) is 5.56 Å². The molecule has 1 aromatic rings. The molecule has 1 N–H and O–H groups in total. The highest BCUT2D eigenvalue weighted by molar-refractivity contribution is 6.46. The van der Waals surface area contributed by atoms with Crippen molar-refractivity contribution in [2.75, 3.05) is 0 Å².